The molecule has 1 aromatic carbocycles. The van der Waals surface area contributed by atoms with Crippen LogP contribution in [0.15, 0.2) is 24.3 Å². The number of aromatic nitrogens is 4. The Morgan fingerprint density at radius 1 is 1.20 bits per heavy atom. The molecule has 2 fully saturated rings. The lowest BCUT2D eigenvalue weighted by Crippen LogP contribution is -2.43. The molecule has 45 heavy (non-hydrogen) atoms. The van der Waals surface area contributed by atoms with Crippen molar-refractivity contribution in [2.24, 2.45) is 0 Å². The molecule has 0 saturated carbocycles. The topological polar surface area (TPSA) is 107 Å². The van der Waals surface area contributed by atoms with Crippen molar-refractivity contribution < 1.29 is 23.5 Å². The number of halogens is 2. The smallest absolute Gasteiger partial charge is 0.318 e. The van der Waals surface area contributed by atoms with Crippen LogP contribution in [0.3, 0.4) is 0 Å². The molecule has 11 nitrogen and oxygen atoms in total. The Morgan fingerprint density at radius 2 is 2.11 bits per heavy atom. The summed E-state index contributed by atoms with van der Waals surface area (Å²) in [7, 11) is 1.40. The van der Waals surface area contributed by atoms with Gasteiger partial charge in [0.1, 0.15) is 18.6 Å². The van der Waals surface area contributed by atoms with Gasteiger partial charge in [0, 0.05) is 43.1 Å². The minimum Gasteiger partial charge on any atom is -0.461 e. The van der Waals surface area contributed by atoms with Gasteiger partial charge in [0.05, 0.1) is 42.8 Å². The number of rotatable bonds is 6. The van der Waals surface area contributed by atoms with E-state index in [2.05, 4.69) is 26.4 Å². The fourth-order valence-electron chi connectivity index (χ4n) is 8.23. The highest BCUT2D eigenvalue weighted by atomic mass is 35.5. The Morgan fingerprint density at radius 3 is 3.00 bits per heavy atom. The maximum atomic E-state index is 14.5. The predicted molar refractivity (Wildman–Crippen MR) is 163 cm³/mol. The number of carbonyl (C=O) groups is 1. The lowest BCUT2D eigenvalue weighted by molar-refractivity contribution is -0.0730. The van der Waals surface area contributed by atoms with E-state index in [1.165, 1.54) is 7.11 Å². The molecule has 0 bridgehead atoms. The van der Waals surface area contributed by atoms with Crippen molar-refractivity contribution in [3.8, 4) is 6.01 Å². The van der Waals surface area contributed by atoms with Gasteiger partial charge in [-0.1, -0.05) is 23.7 Å². The van der Waals surface area contributed by atoms with Crippen LogP contribution in [0.2, 0.25) is 5.02 Å². The third-order valence-electron chi connectivity index (χ3n) is 10.4. The standard InChI is InChI=1S/C32H37ClFN7O4/c1-43-38-29(42)26-13-21-17-39(10-4-12-41(21)37-26)28-23-18-45-32(9-7-22-24(32)5-2-6-25(22)33)15-27(23)35-30(36-28)44-19-31-8-3-11-40(31)16-20(34)14-31/h2,5-6,13,20H,3-4,7-12,14-19H2,1H3,(H,38,42)/t20-,31+,32+/m1/s1. The quantitative estimate of drug-likeness (QED) is 0.403. The second kappa shape index (κ2) is 11.2. The molecule has 1 aliphatic carbocycles. The fraction of sp³-hybridized carbons (Fsp3) is 0.562. The molecule has 0 radical (unpaired) electrons. The number of hydrogen-bond acceptors (Lipinski definition) is 9. The maximum Gasteiger partial charge on any atom is 0.318 e. The molecule has 3 aromatic rings. The van der Waals surface area contributed by atoms with Crippen LogP contribution in [0, 0.1) is 0 Å². The Bertz CT molecular complexity index is 1650. The third-order valence-corrected chi connectivity index (χ3v) is 10.7. The molecule has 2 aromatic heterocycles. The van der Waals surface area contributed by atoms with Crippen LogP contribution in [-0.2, 0) is 47.7 Å². The molecule has 238 valence electrons. The summed E-state index contributed by atoms with van der Waals surface area (Å²) in [6.07, 6.45) is 4.66. The summed E-state index contributed by atoms with van der Waals surface area (Å²) in [5, 5.41) is 5.29. The molecule has 6 heterocycles. The Kier molecular flexibility index (Phi) is 7.23. The van der Waals surface area contributed by atoms with Gasteiger partial charge in [-0.25, -0.2) is 9.87 Å². The summed E-state index contributed by atoms with van der Waals surface area (Å²) in [6, 6.07) is 8.15. The number of anilines is 1. The summed E-state index contributed by atoms with van der Waals surface area (Å²) in [6.45, 7) is 3.98. The lowest BCUT2D eigenvalue weighted by atomic mass is 9.87. The van der Waals surface area contributed by atoms with Crippen LogP contribution in [0.5, 0.6) is 6.01 Å². The minimum absolute atomic E-state index is 0.300. The normalized spacial score (nSPS) is 27.2. The highest BCUT2D eigenvalue weighted by molar-refractivity contribution is 6.31. The van der Waals surface area contributed by atoms with Crippen molar-refractivity contribution in [3.63, 3.8) is 0 Å². The van der Waals surface area contributed by atoms with Crippen LogP contribution in [0.4, 0.5) is 10.2 Å². The SMILES string of the molecule is CONC(=O)c1cc2n(n1)CCCN(c1nc(OC[C@@]34CCCN3C[C@H](F)C4)nc3c1CO[C@@]1(CCc4c(Cl)cccc41)C3)C2. The van der Waals surface area contributed by atoms with Gasteiger partial charge < -0.3 is 14.4 Å². The van der Waals surface area contributed by atoms with Gasteiger partial charge in [0.2, 0.25) is 0 Å². The van der Waals surface area contributed by atoms with Gasteiger partial charge in [-0.3, -0.25) is 19.2 Å². The number of nitrogens with zero attached hydrogens (tertiary/aromatic N) is 6. The van der Waals surface area contributed by atoms with Crippen molar-refractivity contribution in [1.82, 2.24) is 30.1 Å². The van der Waals surface area contributed by atoms with Crippen molar-refractivity contribution in [1.29, 1.82) is 0 Å². The first-order valence-electron chi connectivity index (χ1n) is 15.8. The first-order valence-corrected chi connectivity index (χ1v) is 16.2. The highest BCUT2D eigenvalue weighted by Crippen LogP contribution is 2.49. The average Bonchev–Trinajstić information content (AvgIpc) is 3.75. The first kappa shape index (κ1) is 29.1. The Hall–Kier alpha value is -3.32. The molecule has 0 unspecified atom stereocenters. The fourth-order valence-corrected chi connectivity index (χ4v) is 8.50. The van der Waals surface area contributed by atoms with E-state index in [1.54, 1.807) is 6.07 Å². The van der Waals surface area contributed by atoms with Crippen LogP contribution in [-0.4, -0.2) is 75.6 Å². The number of amides is 1. The largest absolute Gasteiger partial charge is 0.461 e. The number of carbonyl (C=O) groups excluding carboxylic acids is 1. The van der Waals surface area contributed by atoms with E-state index in [9.17, 15) is 9.18 Å². The number of hydroxylamine groups is 1. The van der Waals surface area contributed by atoms with Gasteiger partial charge in [0.15, 0.2) is 5.69 Å². The van der Waals surface area contributed by atoms with E-state index in [0.29, 0.717) is 57.4 Å². The number of alkyl halides is 1. The van der Waals surface area contributed by atoms with E-state index in [1.807, 2.05) is 16.8 Å². The highest BCUT2D eigenvalue weighted by Gasteiger charge is 2.50. The molecule has 3 atom stereocenters. The van der Waals surface area contributed by atoms with Crippen LogP contribution < -0.4 is 15.1 Å². The number of fused-ring (bicyclic) bond motifs is 5. The maximum absolute atomic E-state index is 14.5. The summed E-state index contributed by atoms with van der Waals surface area (Å²) in [4.78, 5) is 31.7. The van der Waals surface area contributed by atoms with E-state index >= 15 is 0 Å². The van der Waals surface area contributed by atoms with Gasteiger partial charge in [0.25, 0.3) is 5.91 Å². The van der Waals surface area contributed by atoms with Gasteiger partial charge in [-0.15, -0.1) is 0 Å². The molecule has 8 rings (SSSR count). The van der Waals surface area contributed by atoms with Crippen molar-refractivity contribution in [2.45, 2.75) is 82.0 Å². The van der Waals surface area contributed by atoms with Crippen LogP contribution in [0.25, 0.3) is 0 Å². The monoisotopic (exact) mass is 637 g/mol. The minimum atomic E-state index is -0.835. The number of ether oxygens (including phenoxy) is 2. The van der Waals surface area contributed by atoms with Gasteiger partial charge >= 0.3 is 6.01 Å². The number of benzene rings is 1. The molecule has 1 spiro atoms. The first-order chi connectivity index (χ1) is 21.9. The zero-order valence-corrected chi connectivity index (χ0v) is 26.1. The Balaban J connectivity index is 1.15. The summed E-state index contributed by atoms with van der Waals surface area (Å²) < 4.78 is 29.6. The summed E-state index contributed by atoms with van der Waals surface area (Å²) in [5.41, 5.74) is 6.86. The number of nitrogens with one attached hydrogen (secondary N) is 1. The Labute approximate surface area is 265 Å². The van der Waals surface area contributed by atoms with E-state index in [0.717, 1.165) is 84.1 Å². The van der Waals surface area contributed by atoms with E-state index in [-0.39, 0.29) is 5.54 Å². The lowest BCUT2D eigenvalue weighted by Gasteiger charge is -2.37. The third kappa shape index (κ3) is 4.97. The van der Waals surface area contributed by atoms with E-state index in [4.69, 9.17) is 35.9 Å². The molecule has 5 aliphatic rings. The molecular weight excluding hydrogens is 601 g/mol. The van der Waals surface area contributed by atoms with Gasteiger partial charge in [-0.05, 0) is 61.9 Å². The molecular formula is C32H37ClFN7O4. The van der Waals surface area contributed by atoms with Crippen LogP contribution in [0.1, 0.15) is 70.7 Å². The second-order valence-electron chi connectivity index (χ2n) is 13.0. The average molecular weight is 638 g/mol. The number of aryl methyl sites for hydroxylation is 1. The van der Waals surface area contributed by atoms with Gasteiger partial charge in [-0.2, -0.15) is 15.1 Å². The summed E-state index contributed by atoms with van der Waals surface area (Å²) >= 11 is 6.60. The van der Waals surface area contributed by atoms with Crippen molar-refractivity contribution >= 4 is 23.3 Å². The van der Waals surface area contributed by atoms with Crippen molar-refractivity contribution in [2.75, 3.05) is 38.3 Å². The zero-order valence-electron chi connectivity index (χ0n) is 25.4. The van der Waals surface area contributed by atoms with Crippen molar-refractivity contribution in [3.05, 3.63) is 63.1 Å². The second-order valence-corrected chi connectivity index (χ2v) is 13.4. The molecule has 1 N–H and O–H groups in total. The summed E-state index contributed by atoms with van der Waals surface area (Å²) in [5.74, 6) is 0.375. The van der Waals surface area contributed by atoms with Crippen LogP contribution >= 0.6 is 11.6 Å². The predicted octanol–water partition coefficient (Wildman–Crippen LogP) is 3.90. The van der Waals surface area contributed by atoms with E-state index < -0.39 is 17.7 Å². The molecule has 4 aliphatic heterocycles. The molecule has 13 heteroatoms. The number of hydrogen-bond donors (Lipinski definition) is 1. The zero-order chi connectivity index (χ0) is 30.8. The molecule has 1 amide bonds. The molecule has 2 saturated heterocycles.